The number of nitrogen functional groups attached to an aromatic ring is 1. The molecule has 1 amide bonds. The van der Waals surface area contributed by atoms with Crippen LogP contribution in [0.5, 0.6) is 0 Å². The summed E-state index contributed by atoms with van der Waals surface area (Å²) in [4.78, 5) is 11.8. The molecule has 0 saturated carbocycles. The van der Waals surface area contributed by atoms with Gasteiger partial charge in [0.15, 0.2) is 0 Å². The highest BCUT2D eigenvalue weighted by Gasteiger charge is 2.02. The predicted molar refractivity (Wildman–Crippen MR) is 102 cm³/mol. The summed E-state index contributed by atoms with van der Waals surface area (Å²) >= 11 is 4.96. The molecule has 0 atom stereocenters. The third-order valence-electron chi connectivity index (χ3n) is 3.09. The molecule has 0 unspecified atom stereocenters. The number of benzene rings is 2. The second kappa shape index (κ2) is 8.74. The Bertz CT molecular complexity index is 684. The van der Waals surface area contributed by atoms with Gasteiger partial charge in [-0.1, -0.05) is 40.2 Å². The SMILES string of the molecule is CC(=NNC(=O)CSCc1ccc(Br)cc1)c1ccc(N)cc1. The Kier molecular flexibility index (Phi) is 6.67. The van der Waals surface area contributed by atoms with Crippen molar-refractivity contribution in [2.75, 3.05) is 11.5 Å². The van der Waals surface area contributed by atoms with E-state index in [9.17, 15) is 4.79 Å². The minimum atomic E-state index is -0.109. The van der Waals surface area contributed by atoms with Crippen molar-refractivity contribution in [2.45, 2.75) is 12.7 Å². The number of thioether (sulfide) groups is 1. The molecule has 0 fully saturated rings. The van der Waals surface area contributed by atoms with E-state index >= 15 is 0 Å². The van der Waals surface area contributed by atoms with E-state index in [4.69, 9.17) is 5.73 Å². The number of nitrogens with one attached hydrogen (secondary N) is 1. The predicted octanol–water partition coefficient (Wildman–Crippen LogP) is 3.80. The van der Waals surface area contributed by atoms with Crippen LogP contribution < -0.4 is 11.2 Å². The van der Waals surface area contributed by atoms with Crippen LogP contribution in [0.1, 0.15) is 18.1 Å². The standard InChI is InChI=1S/C17H18BrN3OS/c1-12(14-4-8-16(19)9-5-14)20-21-17(22)11-23-10-13-2-6-15(18)7-3-13/h2-9H,10-11,19H2,1H3,(H,21,22). The Morgan fingerprint density at radius 2 is 1.83 bits per heavy atom. The van der Waals surface area contributed by atoms with Crippen LogP contribution in [0, 0.1) is 0 Å². The quantitative estimate of drug-likeness (QED) is 0.446. The molecular weight excluding hydrogens is 374 g/mol. The number of carbonyl (C=O) groups excluding carboxylic acids is 1. The highest BCUT2D eigenvalue weighted by molar-refractivity contribution is 9.10. The topological polar surface area (TPSA) is 67.5 Å². The van der Waals surface area contributed by atoms with E-state index in [2.05, 4.69) is 26.5 Å². The number of anilines is 1. The van der Waals surface area contributed by atoms with Crippen LogP contribution in [0.2, 0.25) is 0 Å². The van der Waals surface area contributed by atoms with Gasteiger partial charge >= 0.3 is 0 Å². The minimum Gasteiger partial charge on any atom is -0.399 e. The molecule has 2 aromatic rings. The van der Waals surface area contributed by atoms with Crippen LogP contribution in [0.3, 0.4) is 0 Å². The van der Waals surface area contributed by atoms with Gasteiger partial charge in [0.1, 0.15) is 0 Å². The van der Waals surface area contributed by atoms with Gasteiger partial charge in [-0.3, -0.25) is 4.79 Å². The van der Waals surface area contributed by atoms with E-state index in [1.807, 2.05) is 55.5 Å². The number of hydrogen-bond acceptors (Lipinski definition) is 4. The van der Waals surface area contributed by atoms with Gasteiger partial charge in [-0.05, 0) is 42.3 Å². The smallest absolute Gasteiger partial charge is 0.250 e. The lowest BCUT2D eigenvalue weighted by molar-refractivity contribution is -0.118. The monoisotopic (exact) mass is 391 g/mol. The van der Waals surface area contributed by atoms with Gasteiger partial charge in [0.25, 0.3) is 0 Å². The van der Waals surface area contributed by atoms with Gasteiger partial charge in [-0.2, -0.15) is 5.10 Å². The number of amides is 1. The number of hydrogen-bond donors (Lipinski definition) is 2. The molecule has 0 radical (unpaired) electrons. The molecule has 0 aromatic heterocycles. The molecule has 0 aliphatic heterocycles. The average Bonchev–Trinajstić information content (AvgIpc) is 2.55. The molecule has 4 nitrogen and oxygen atoms in total. The van der Waals surface area contributed by atoms with Gasteiger partial charge in [0.05, 0.1) is 11.5 Å². The summed E-state index contributed by atoms with van der Waals surface area (Å²) in [5.41, 5.74) is 11.8. The average molecular weight is 392 g/mol. The maximum atomic E-state index is 11.8. The van der Waals surface area contributed by atoms with Gasteiger partial charge in [-0.15, -0.1) is 11.8 Å². The van der Waals surface area contributed by atoms with Crippen LogP contribution in [-0.2, 0) is 10.5 Å². The fourth-order valence-electron chi connectivity index (χ4n) is 1.81. The number of rotatable bonds is 6. The Balaban J connectivity index is 1.77. The highest BCUT2D eigenvalue weighted by atomic mass is 79.9. The van der Waals surface area contributed by atoms with Gasteiger partial charge in [-0.25, -0.2) is 5.43 Å². The second-order valence-electron chi connectivity index (χ2n) is 4.97. The van der Waals surface area contributed by atoms with Crippen LogP contribution >= 0.6 is 27.7 Å². The number of nitrogens with two attached hydrogens (primary N) is 1. The second-order valence-corrected chi connectivity index (χ2v) is 6.87. The molecule has 2 aromatic carbocycles. The number of nitrogens with zero attached hydrogens (tertiary/aromatic N) is 1. The fraction of sp³-hybridized carbons (Fsp3) is 0.176. The summed E-state index contributed by atoms with van der Waals surface area (Å²) in [5.74, 6) is 1.05. The summed E-state index contributed by atoms with van der Waals surface area (Å²) in [6.45, 7) is 1.85. The van der Waals surface area contributed by atoms with Crippen LogP contribution in [0.4, 0.5) is 5.69 Å². The molecular formula is C17H18BrN3OS. The zero-order valence-electron chi connectivity index (χ0n) is 12.8. The third-order valence-corrected chi connectivity index (χ3v) is 4.62. The van der Waals surface area contributed by atoms with Crippen molar-refractivity contribution in [1.29, 1.82) is 0 Å². The lowest BCUT2D eigenvalue weighted by Gasteiger charge is -2.04. The molecule has 0 aliphatic rings. The number of halogens is 1. The van der Waals surface area contributed by atoms with Crippen molar-refractivity contribution in [3.8, 4) is 0 Å². The molecule has 2 rings (SSSR count). The Hall–Kier alpha value is -1.79. The van der Waals surface area contributed by atoms with E-state index in [0.717, 1.165) is 21.5 Å². The van der Waals surface area contributed by atoms with E-state index in [-0.39, 0.29) is 5.91 Å². The minimum absolute atomic E-state index is 0.109. The Labute approximate surface area is 148 Å². The lowest BCUT2D eigenvalue weighted by Crippen LogP contribution is -2.21. The summed E-state index contributed by atoms with van der Waals surface area (Å²) in [5, 5.41) is 4.12. The van der Waals surface area contributed by atoms with Crippen molar-refractivity contribution in [2.24, 2.45) is 5.10 Å². The summed E-state index contributed by atoms with van der Waals surface area (Å²) in [7, 11) is 0. The first kappa shape index (κ1) is 17.6. The zero-order valence-corrected chi connectivity index (χ0v) is 15.2. The van der Waals surface area contributed by atoms with Crippen molar-refractivity contribution in [3.05, 3.63) is 64.1 Å². The van der Waals surface area contributed by atoms with Crippen molar-refractivity contribution < 1.29 is 4.79 Å². The summed E-state index contributed by atoms with van der Waals surface area (Å²) < 4.78 is 1.05. The van der Waals surface area contributed by atoms with Crippen molar-refractivity contribution >= 4 is 45.0 Å². The number of carbonyl (C=O) groups is 1. The van der Waals surface area contributed by atoms with E-state index in [1.165, 1.54) is 5.56 Å². The van der Waals surface area contributed by atoms with E-state index < -0.39 is 0 Å². The third kappa shape index (κ3) is 6.08. The first-order valence-electron chi connectivity index (χ1n) is 7.06. The van der Waals surface area contributed by atoms with Crippen LogP contribution in [0.15, 0.2) is 58.1 Å². The molecule has 0 heterocycles. The Morgan fingerprint density at radius 1 is 1.17 bits per heavy atom. The van der Waals surface area contributed by atoms with Gasteiger partial charge < -0.3 is 5.73 Å². The van der Waals surface area contributed by atoms with Crippen molar-refractivity contribution in [3.63, 3.8) is 0 Å². The molecule has 120 valence electrons. The fourth-order valence-corrected chi connectivity index (χ4v) is 2.85. The van der Waals surface area contributed by atoms with Crippen molar-refractivity contribution in [1.82, 2.24) is 5.43 Å². The first-order chi connectivity index (χ1) is 11.0. The maximum Gasteiger partial charge on any atom is 0.250 e. The number of hydrazone groups is 1. The van der Waals surface area contributed by atoms with E-state index in [0.29, 0.717) is 11.4 Å². The maximum absolute atomic E-state index is 11.8. The molecule has 0 aliphatic carbocycles. The largest absolute Gasteiger partial charge is 0.399 e. The Morgan fingerprint density at radius 3 is 2.48 bits per heavy atom. The van der Waals surface area contributed by atoms with Crippen LogP contribution in [0.25, 0.3) is 0 Å². The van der Waals surface area contributed by atoms with Crippen LogP contribution in [-0.4, -0.2) is 17.4 Å². The molecule has 3 N–H and O–H groups in total. The van der Waals surface area contributed by atoms with Gasteiger partial charge in [0.2, 0.25) is 5.91 Å². The molecule has 23 heavy (non-hydrogen) atoms. The molecule has 0 bridgehead atoms. The summed E-state index contributed by atoms with van der Waals surface area (Å²) in [6, 6.07) is 15.4. The molecule has 6 heteroatoms. The lowest BCUT2D eigenvalue weighted by atomic mass is 10.1. The van der Waals surface area contributed by atoms with E-state index in [1.54, 1.807) is 11.8 Å². The zero-order chi connectivity index (χ0) is 16.7. The normalized spacial score (nSPS) is 11.3. The highest BCUT2D eigenvalue weighted by Crippen LogP contribution is 2.15. The first-order valence-corrected chi connectivity index (χ1v) is 9.00. The van der Waals surface area contributed by atoms with Gasteiger partial charge in [0, 0.05) is 15.9 Å². The molecule has 0 spiro atoms. The molecule has 0 saturated heterocycles. The summed E-state index contributed by atoms with van der Waals surface area (Å²) in [6.07, 6.45) is 0.